The molecule has 0 radical (unpaired) electrons. The lowest BCUT2D eigenvalue weighted by Crippen LogP contribution is -2.25. The first-order valence-electron chi connectivity index (χ1n) is 10.2. The van der Waals surface area contributed by atoms with Crippen LogP contribution in [0.2, 0.25) is 0 Å². The fourth-order valence-corrected chi connectivity index (χ4v) is 4.84. The number of aromatic nitrogens is 3. The number of hydrogen-bond acceptors (Lipinski definition) is 4. The molecule has 0 spiro atoms. The molecule has 1 aromatic carbocycles. The minimum Gasteiger partial charge on any atom is -0.345 e. The zero-order chi connectivity index (χ0) is 20.7. The van der Waals surface area contributed by atoms with Crippen molar-refractivity contribution >= 4 is 28.4 Å². The molecule has 29 heavy (non-hydrogen) atoms. The number of aryl methyl sites for hydroxylation is 1. The van der Waals surface area contributed by atoms with Crippen molar-refractivity contribution in [1.82, 2.24) is 14.1 Å². The van der Waals surface area contributed by atoms with Crippen LogP contribution >= 0.6 is 11.8 Å². The summed E-state index contributed by atoms with van der Waals surface area (Å²) in [5, 5.41) is 1.24. The van der Waals surface area contributed by atoms with Gasteiger partial charge >= 0.3 is 0 Å². The normalized spacial score (nSPS) is 14.1. The number of Topliss-reactive ketones (excluding diaryl/α,β-unsaturated/α-hetero) is 1. The molecular formula is C23H27N3O2S. The standard InChI is InChI=1S/C23H27N3O2S/c1-14(2)12-25-22(28)18-7-5-6-8-20(18)24-23(25)29-13-21(27)19-11-15(3)26(16(19)4)17-9-10-17/h5-8,11,14,17H,9-10,12-13H2,1-4H3. The van der Waals surface area contributed by atoms with Crippen LogP contribution in [0.1, 0.15) is 54.5 Å². The summed E-state index contributed by atoms with van der Waals surface area (Å²) in [4.78, 5) is 30.7. The smallest absolute Gasteiger partial charge is 0.262 e. The van der Waals surface area contributed by atoms with Crippen molar-refractivity contribution in [2.75, 3.05) is 5.75 Å². The summed E-state index contributed by atoms with van der Waals surface area (Å²) in [7, 11) is 0. The van der Waals surface area contributed by atoms with Gasteiger partial charge in [-0.1, -0.05) is 37.7 Å². The fraction of sp³-hybridized carbons (Fsp3) is 0.435. The second-order valence-corrected chi connectivity index (χ2v) is 9.26. The summed E-state index contributed by atoms with van der Waals surface area (Å²) < 4.78 is 4.01. The molecule has 152 valence electrons. The Bertz CT molecular complexity index is 1140. The molecular weight excluding hydrogens is 382 g/mol. The maximum Gasteiger partial charge on any atom is 0.262 e. The van der Waals surface area contributed by atoms with Crippen molar-refractivity contribution in [1.29, 1.82) is 0 Å². The SMILES string of the molecule is Cc1cc(C(=O)CSc2nc3ccccc3c(=O)n2CC(C)C)c(C)n1C1CC1. The molecule has 2 aromatic heterocycles. The third kappa shape index (κ3) is 3.90. The molecule has 0 atom stereocenters. The predicted octanol–water partition coefficient (Wildman–Crippen LogP) is 4.78. The van der Waals surface area contributed by atoms with Crippen LogP contribution in [0, 0.1) is 19.8 Å². The Labute approximate surface area is 175 Å². The average molecular weight is 410 g/mol. The summed E-state index contributed by atoms with van der Waals surface area (Å²) >= 11 is 1.36. The molecule has 0 unspecified atom stereocenters. The fourth-order valence-electron chi connectivity index (χ4n) is 3.95. The van der Waals surface area contributed by atoms with Crippen LogP contribution in [0.5, 0.6) is 0 Å². The molecule has 1 saturated carbocycles. The van der Waals surface area contributed by atoms with Gasteiger partial charge in [-0.15, -0.1) is 0 Å². The summed E-state index contributed by atoms with van der Waals surface area (Å²) in [6.07, 6.45) is 2.39. The minimum atomic E-state index is -0.0360. The monoisotopic (exact) mass is 409 g/mol. The van der Waals surface area contributed by atoms with E-state index in [1.807, 2.05) is 37.3 Å². The topological polar surface area (TPSA) is 56.9 Å². The molecule has 2 heterocycles. The lowest BCUT2D eigenvalue weighted by atomic mass is 10.2. The summed E-state index contributed by atoms with van der Waals surface area (Å²) in [5.74, 6) is 0.675. The minimum absolute atomic E-state index is 0.0360. The van der Waals surface area contributed by atoms with Crippen LogP contribution in [0.3, 0.4) is 0 Å². The van der Waals surface area contributed by atoms with E-state index < -0.39 is 0 Å². The van der Waals surface area contributed by atoms with Gasteiger partial charge < -0.3 is 4.57 Å². The Balaban J connectivity index is 1.63. The van der Waals surface area contributed by atoms with E-state index in [0.717, 1.165) is 17.0 Å². The molecule has 5 nitrogen and oxygen atoms in total. The molecule has 0 saturated heterocycles. The summed E-state index contributed by atoms with van der Waals surface area (Å²) in [5.41, 5.74) is 3.64. The van der Waals surface area contributed by atoms with Gasteiger partial charge in [0.05, 0.1) is 16.7 Å². The molecule has 1 aliphatic rings. The predicted molar refractivity (Wildman–Crippen MR) is 118 cm³/mol. The molecule has 3 aromatic rings. The lowest BCUT2D eigenvalue weighted by molar-refractivity contribution is 0.102. The second kappa shape index (κ2) is 7.82. The van der Waals surface area contributed by atoms with Crippen LogP contribution in [0.15, 0.2) is 40.3 Å². The van der Waals surface area contributed by atoms with Gasteiger partial charge in [-0.3, -0.25) is 14.2 Å². The molecule has 4 rings (SSSR count). The van der Waals surface area contributed by atoms with Gasteiger partial charge in [-0.25, -0.2) is 4.98 Å². The molecule has 0 bridgehead atoms. The van der Waals surface area contributed by atoms with Gasteiger partial charge in [-0.05, 0) is 50.8 Å². The zero-order valence-electron chi connectivity index (χ0n) is 17.4. The van der Waals surface area contributed by atoms with Gasteiger partial charge in [0.25, 0.3) is 5.56 Å². The van der Waals surface area contributed by atoms with Crippen molar-refractivity contribution in [3.8, 4) is 0 Å². The first-order valence-corrected chi connectivity index (χ1v) is 11.2. The highest BCUT2D eigenvalue weighted by Crippen LogP contribution is 2.38. The van der Waals surface area contributed by atoms with E-state index in [1.54, 1.807) is 4.57 Å². The average Bonchev–Trinajstić information content (AvgIpc) is 3.47. The Morgan fingerprint density at radius 3 is 2.66 bits per heavy atom. The number of rotatable bonds is 7. The third-order valence-electron chi connectivity index (χ3n) is 5.40. The highest BCUT2D eigenvalue weighted by molar-refractivity contribution is 7.99. The number of nitrogens with zero attached hydrogens (tertiary/aromatic N) is 3. The summed E-state index contributed by atoms with van der Waals surface area (Å²) in [6, 6.07) is 9.97. The van der Waals surface area contributed by atoms with Crippen LogP contribution in [0.4, 0.5) is 0 Å². The molecule has 0 aliphatic heterocycles. The van der Waals surface area contributed by atoms with Gasteiger partial charge in [0.15, 0.2) is 10.9 Å². The number of para-hydroxylation sites is 1. The van der Waals surface area contributed by atoms with E-state index in [-0.39, 0.29) is 17.1 Å². The number of ketones is 1. The summed E-state index contributed by atoms with van der Waals surface area (Å²) in [6.45, 7) is 8.85. The Morgan fingerprint density at radius 2 is 1.97 bits per heavy atom. The van der Waals surface area contributed by atoms with E-state index in [2.05, 4.69) is 25.3 Å². The quantitative estimate of drug-likeness (QED) is 0.320. The zero-order valence-corrected chi connectivity index (χ0v) is 18.3. The number of carbonyl (C=O) groups is 1. The molecule has 0 N–H and O–H groups in total. The Hall–Kier alpha value is -2.34. The Kier molecular flexibility index (Phi) is 5.38. The number of hydrogen-bond donors (Lipinski definition) is 0. The number of thioether (sulfide) groups is 1. The third-order valence-corrected chi connectivity index (χ3v) is 6.38. The maximum absolute atomic E-state index is 13.0. The van der Waals surface area contributed by atoms with Gasteiger partial charge in [0.2, 0.25) is 0 Å². The van der Waals surface area contributed by atoms with E-state index in [0.29, 0.717) is 34.6 Å². The van der Waals surface area contributed by atoms with Crippen molar-refractivity contribution in [3.63, 3.8) is 0 Å². The molecule has 1 fully saturated rings. The first-order chi connectivity index (χ1) is 13.9. The van der Waals surface area contributed by atoms with E-state index in [9.17, 15) is 9.59 Å². The number of carbonyl (C=O) groups excluding carboxylic acids is 1. The van der Waals surface area contributed by atoms with Crippen LogP contribution in [-0.2, 0) is 6.54 Å². The van der Waals surface area contributed by atoms with Gasteiger partial charge in [0, 0.05) is 29.5 Å². The second-order valence-electron chi connectivity index (χ2n) is 8.32. The van der Waals surface area contributed by atoms with Crippen LogP contribution < -0.4 is 5.56 Å². The molecule has 1 aliphatic carbocycles. The molecule has 0 amide bonds. The van der Waals surface area contributed by atoms with Gasteiger partial charge in [0.1, 0.15) is 0 Å². The van der Waals surface area contributed by atoms with Crippen LogP contribution in [-0.4, -0.2) is 25.7 Å². The van der Waals surface area contributed by atoms with Gasteiger partial charge in [-0.2, -0.15) is 0 Å². The highest BCUT2D eigenvalue weighted by atomic mass is 32.2. The van der Waals surface area contributed by atoms with Crippen molar-refractivity contribution in [3.05, 3.63) is 57.6 Å². The van der Waals surface area contributed by atoms with Crippen molar-refractivity contribution in [2.45, 2.75) is 58.3 Å². The maximum atomic E-state index is 13.0. The van der Waals surface area contributed by atoms with Crippen LogP contribution in [0.25, 0.3) is 10.9 Å². The van der Waals surface area contributed by atoms with E-state index in [4.69, 9.17) is 4.98 Å². The Morgan fingerprint density at radius 1 is 1.24 bits per heavy atom. The van der Waals surface area contributed by atoms with Crippen molar-refractivity contribution in [2.24, 2.45) is 5.92 Å². The lowest BCUT2D eigenvalue weighted by Gasteiger charge is -2.14. The van der Waals surface area contributed by atoms with E-state index >= 15 is 0 Å². The molecule has 6 heteroatoms. The largest absolute Gasteiger partial charge is 0.345 e. The highest BCUT2D eigenvalue weighted by Gasteiger charge is 2.28. The van der Waals surface area contributed by atoms with Crippen molar-refractivity contribution < 1.29 is 4.79 Å². The first kappa shape index (κ1) is 20.0. The number of benzene rings is 1. The van der Waals surface area contributed by atoms with E-state index in [1.165, 1.54) is 24.6 Å². The number of fused-ring (bicyclic) bond motifs is 1.